The first-order valence-corrected chi connectivity index (χ1v) is 11.3. The highest BCUT2D eigenvalue weighted by molar-refractivity contribution is 6.30. The summed E-state index contributed by atoms with van der Waals surface area (Å²) in [6, 6.07) is 14.4. The van der Waals surface area contributed by atoms with Crippen LogP contribution in [0.5, 0.6) is 0 Å². The Kier molecular flexibility index (Phi) is 6.72. The topological polar surface area (TPSA) is 71.5 Å². The summed E-state index contributed by atoms with van der Waals surface area (Å²) < 4.78 is 5.76. The van der Waals surface area contributed by atoms with Crippen LogP contribution in [-0.2, 0) is 22.5 Å². The van der Waals surface area contributed by atoms with Crippen LogP contribution in [0.4, 0.5) is 5.69 Å². The first kappa shape index (κ1) is 22.2. The van der Waals surface area contributed by atoms with Crippen LogP contribution in [0.25, 0.3) is 10.9 Å². The van der Waals surface area contributed by atoms with Crippen molar-refractivity contribution in [3.8, 4) is 0 Å². The monoisotopic (exact) mass is 451 g/mol. The van der Waals surface area contributed by atoms with Crippen molar-refractivity contribution in [3.63, 3.8) is 0 Å². The number of amides is 1. The number of likely N-dealkylation sites (N-methyl/N-ethyl adjacent to an activating group) is 1. The van der Waals surface area contributed by atoms with Gasteiger partial charge in [-0.1, -0.05) is 43.6 Å². The van der Waals surface area contributed by atoms with E-state index in [1.165, 1.54) is 0 Å². The van der Waals surface area contributed by atoms with Crippen molar-refractivity contribution in [1.82, 2.24) is 9.88 Å². The molecule has 1 aromatic heterocycles. The van der Waals surface area contributed by atoms with Gasteiger partial charge in [0.05, 0.1) is 11.1 Å². The van der Waals surface area contributed by atoms with Gasteiger partial charge in [0.15, 0.2) is 6.10 Å². The first-order valence-electron chi connectivity index (χ1n) is 10.9. The second-order valence-corrected chi connectivity index (χ2v) is 8.28. The summed E-state index contributed by atoms with van der Waals surface area (Å²) in [5.74, 6) is -0.860. The third kappa shape index (κ3) is 4.61. The predicted molar refractivity (Wildman–Crippen MR) is 126 cm³/mol. The Labute approximate surface area is 192 Å². The summed E-state index contributed by atoms with van der Waals surface area (Å²) >= 11 is 5.91. The van der Waals surface area contributed by atoms with Crippen LogP contribution in [0.2, 0.25) is 5.02 Å². The molecule has 1 aliphatic heterocycles. The molecule has 1 unspecified atom stereocenters. The van der Waals surface area contributed by atoms with E-state index < -0.39 is 12.1 Å². The highest BCUT2D eigenvalue weighted by atomic mass is 35.5. The Hall–Kier alpha value is -2.96. The lowest BCUT2D eigenvalue weighted by Gasteiger charge is -2.29. The number of carbonyl (C=O) groups excluding carboxylic acids is 2. The van der Waals surface area contributed by atoms with Gasteiger partial charge in [-0.25, -0.2) is 4.79 Å². The summed E-state index contributed by atoms with van der Waals surface area (Å²) in [6.07, 6.45) is 0.228. The fourth-order valence-corrected chi connectivity index (χ4v) is 4.14. The van der Waals surface area contributed by atoms with Crippen LogP contribution in [0, 0.1) is 0 Å². The molecule has 32 heavy (non-hydrogen) atoms. The maximum atomic E-state index is 13.4. The summed E-state index contributed by atoms with van der Waals surface area (Å²) in [7, 11) is 0. The zero-order valence-electron chi connectivity index (χ0n) is 18.2. The van der Waals surface area contributed by atoms with E-state index in [9.17, 15) is 9.59 Å². The Balaban J connectivity index is 1.63. The van der Waals surface area contributed by atoms with Crippen molar-refractivity contribution in [2.75, 3.05) is 18.4 Å². The second-order valence-electron chi connectivity index (χ2n) is 7.85. The molecular formula is C25H26ClN3O3. The number of pyridine rings is 1. The number of hydrogen-bond acceptors (Lipinski definition) is 5. The zero-order valence-corrected chi connectivity index (χ0v) is 19.0. The first-order chi connectivity index (χ1) is 15.5. The van der Waals surface area contributed by atoms with E-state index in [2.05, 4.69) is 17.1 Å². The second kappa shape index (κ2) is 9.67. The Bertz CT molecular complexity index is 1150. The van der Waals surface area contributed by atoms with Crippen LogP contribution in [0.15, 0.2) is 48.5 Å². The SMILES string of the molecule is CCC(OC(=O)c1c2c(nc3ccccc13)CCN(CC)C2)C(=O)Nc1ccc(Cl)cc1. The number of esters is 1. The number of nitrogens with zero attached hydrogens (tertiary/aromatic N) is 2. The molecule has 4 rings (SSSR count). The lowest BCUT2D eigenvalue weighted by Crippen LogP contribution is -2.35. The summed E-state index contributed by atoms with van der Waals surface area (Å²) in [6.45, 7) is 6.36. The quantitative estimate of drug-likeness (QED) is 0.543. The van der Waals surface area contributed by atoms with Gasteiger partial charge >= 0.3 is 5.97 Å². The van der Waals surface area contributed by atoms with E-state index >= 15 is 0 Å². The Morgan fingerprint density at radius 2 is 1.91 bits per heavy atom. The molecule has 0 radical (unpaired) electrons. The maximum Gasteiger partial charge on any atom is 0.340 e. The predicted octanol–water partition coefficient (Wildman–Crippen LogP) is 4.84. The number of ether oxygens (including phenoxy) is 1. The van der Waals surface area contributed by atoms with Crippen LogP contribution >= 0.6 is 11.6 Å². The third-order valence-corrected chi connectivity index (χ3v) is 6.05. The Morgan fingerprint density at radius 3 is 2.62 bits per heavy atom. The molecule has 1 amide bonds. The number of carbonyl (C=O) groups is 2. The van der Waals surface area contributed by atoms with Crippen LogP contribution in [0.1, 0.15) is 41.9 Å². The van der Waals surface area contributed by atoms with E-state index in [0.29, 0.717) is 29.2 Å². The fraction of sp³-hybridized carbons (Fsp3) is 0.320. The highest BCUT2D eigenvalue weighted by Gasteiger charge is 2.29. The number of hydrogen-bond donors (Lipinski definition) is 1. The molecule has 0 bridgehead atoms. The number of aromatic nitrogens is 1. The molecule has 3 aromatic rings. The minimum absolute atomic E-state index is 0.359. The van der Waals surface area contributed by atoms with Crippen molar-refractivity contribution in [2.45, 2.75) is 39.3 Å². The largest absolute Gasteiger partial charge is 0.449 e. The van der Waals surface area contributed by atoms with Gasteiger partial charge < -0.3 is 10.1 Å². The normalized spacial score (nSPS) is 14.6. The molecule has 1 atom stereocenters. The van der Waals surface area contributed by atoms with Gasteiger partial charge in [-0.15, -0.1) is 0 Å². The van der Waals surface area contributed by atoms with E-state index in [0.717, 1.165) is 41.7 Å². The molecule has 1 N–H and O–H groups in total. The van der Waals surface area contributed by atoms with Crippen LogP contribution in [-0.4, -0.2) is 41.0 Å². The molecule has 7 heteroatoms. The molecular weight excluding hydrogens is 426 g/mol. The standard InChI is InChI=1S/C25H26ClN3O3/c1-3-22(24(30)27-17-11-9-16(26)10-12-17)32-25(31)23-18-7-5-6-8-20(18)28-21-13-14-29(4-2)15-19(21)23/h5-12,22H,3-4,13-15H2,1-2H3,(H,27,30). The van der Waals surface area contributed by atoms with Crippen molar-refractivity contribution < 1.29 is 14.3 Å². The van der Waals surface area contributed by atoms with E-state index in [1.807, 2.05) is 31.2 Å². The van der Waals surface area contributed by atoms with E-state index in [4.69, 9.17) is 21.3 Å². The van der Waals surface area contributed by atoms with E-state index in [1.54, 1.807) is 24.3 Å². The lowest BCUT2D eigenvalue weighted by atomic mass is 9.95. The van der Waals surface area contributed by atoms with Gasteiger partial charge in [0.1, 0.15) is 0 Å². The molecule has 0 saturated heterocycles. The number of rotatable bonds is 6. The van der Waals surface area contributed by atoms with Gasteiger partial charge in [-0.3, -0.25) is 14.7 Å². The van der Waals surface area contributed by atoms with Gasteiger partial charge in [0.25, 0.3) is 5.91 Å². The fourth-order valence-electron chi connectivity index (χ4n) is 4.02. The van der Waals surface area contributed by atoms with Crippen LogP contribution < -0.4 is 5.32 Å². The minimum atomic E-state index is -0.911. The van der Waals surface area contributed by atoms with Gasteiger partial charge in [0.2, 0.25) is 0 Å². The molecule has 166 valence electrons. The third-order valence-electron chi connectivity index (χ3n) is 5.80. The van der Waals surface area contributed by atoms with Crippen molar-refractivity contribution in [3.05, 3.63) is 70.4 Å². The molecule has 1 aliphatic rings. The average molecular weight is 452 g/mol. The smallest absolute Gasteiger partial charge is 0.340 e. The summed E-state index contributed by atoms with van der Waals surface area (Å²) in [5, 5.41) is 4.13. The van der Waals surface area contributed by atoms with Crippen molar-refractivity contribution in [1.29, 1.82) is 0 Å². The molecule has 0 saturated carbocycles. The number of anilines is 1. The number of fused-ring (bicyclic) bond motifs is 2. The molecule has 2 heterocycles. The zero-order chi connectivity index (χ0) is 22.7. The molecule has 0 aliphatic carbocycles. The van der Waals surface area contributed by atoms with E-state index in [-0.39, 0.29) is 5.91 Å². The number of para-hydroxylation sites is 1. The molecule has 6 nitrogen and oxygen atoms in total. The van der Waals surface area contributed by atoms with Crippen molar-refractivity contribution in [2.24, 2.45) is 0 Å². The number of benzene rings is 2. The average Bonchev–Trinajstić information content (AvgIpc) is 2.81. The summed E-state index contributed by atoms with van der Waals surface area (Å²) in [5.41, 5.74) is 3.70. The van der Waals surface area contributed by atoms with Gasteiger partial charge in [-0.2, -0.15) is 0 Å². The molecule has 0 spiro atoms. The molecule has 2 aromatic carbocycles. The van der Waals surface area contributed by atoms with Gasteiger partial charge in [0, 0.05) is 46.9 Å². The maximum absolute atomic E-state index is 13.4. The minimum Gasteiger partial charge on any atom is -0.449 e. The number of nitrogens with one attached hydrogen (secondary N) is 1. The van der Waals surface area contributed by atoms with Crippen LogP contribution in [0.3, 0.4) is 0 Å². The Morgan fingerprint density at radius 1 is 1.16 bits per heavy atom. The van der Waals surface area contributed by atoms with Gasteiger partial charge in [-0.05, 0) is 43.3 Å². The molecule has 0 fully saturated rings. The summed E-state index contributed by atoms with van der Waals surface area (Å²) in [4.78, 5) is 33.3. The lowest BCUT2D eigenvalue weighted by molar-refractivity contribution is -0.124. The number of halogens is 1. The van der Waals surface area contributed by atoms with Crippen molar-refractivity contribution >= 4 is 40.1 Å². The highest BCUT2D eigenvalue weighted by Crippen LogP contribution is 2.29.